The first-order chi connectivity index (χ1) is 6.74. The van der Waals surface area contributed by atoms with Gasteiger partial charge in [-0.3, -0.25) is 0 Å². The fourth-order valence-electron chi connectivity index (χ4n) is 1.21. The summed E-state index contributed by atoms with van der Waals surface area (Å²) in [4.78, 5) is 6.52. The van der Waals surface area contributed by atoms with Gasteiger partial charge < -0.3 is 10.2 Å². The van der Waals surface area contributed by atoms with E-state index in [0.29, 0.717) is 0 Å². The van der Waals surface area contributed by atoms with E-state index in [0.717, 1.165) is 31.0 Å². The maximum atomic E-state index is 4.51. The molecule has 0 fully saturated rings. The van der Waals surface area contributed by atoms with Crippen molar-refractivity contribution in [3.05, 3.63) is 23.9 Å². The summed E-state index contributed by atoms with van der Waals surface area (Å²) in [5, 5.41) is 3.34. The lowest BCUT2D eigenvalue weighted by Gasteiger charge is -2.12. The van der Waals surface area contributed by atoms with Gasteiger partial charge in [-0.1, -0.05) is 13.0 Å². The molecule has 0 unspecified atom stereocenters. The molecule has 0 spiro atoms. The number of aromatic nitrogens is 1. The second-order valence-corrected chi connectivity index (χ2v) is 3.56. The van der Waals surface area contributed by atoms with E-state index in [1.807, 2.05) is 31.1 Å². The van der Waals surface area contributed by atoms with Crippen LogP contribution in [0, 0.1) is 0 Å². The number of rotatable bonds is 5. The highest BCUT2D eigenvalue weighted by molar-refractivity contribution is 5.36. The van der Waals surface area contributed by atoms with E-state index in [1.165, 1.54) is 0 Å². The molecule has 0 aromatic carbocycles. The highest BCUT2D eigenvalue weighted by atomic mass is 15.1. The summed E-state index contributed by atoms with van der Waals surface area (Å²) < 4.78 is 0. The minimum atomic E-state index is 0.857. The Balaban J connectivity index is 2.55. The van der Waals surface area contributed by atoms with E-state index in [4.69, 9.17) is 0 Å². The molecule has 14 heavy (non-hydrogen) atoms. The van der Waals surface area contributed by atoms with Gasteiger partial charge in [0.15, 0.2) is 0 Å². The fraction of sp³-hybridized carbons (Fsp3) is 0.545. The number of hydrogen-bond donors (Lipinski definition) is 1. The van der Waals surface area contributed by atoms with E-state index < -0.39 is 0 Å². The molecule has 1 aromatic heterocycles. The van der Waals surface area contributed by atoms with Crippen molar-refractivity contribution < 1.29 is 0 Å². The van der Waals surface area contributed by atoms with E-state index in [1.54, 1.807) is 0 Å². The van der Waals surface area contributed by atoms with Crippen molar-refractivity contribution in [2.45, 2.75) is 19.9 Å². The van der Waals surface area contributed by atoms with Crippen molar-refractivity contribution in [2.24, 2.45) is 0 Å². The summed E-state index contributed by atoms with van der Waals surface area (Å²) >= 11 is 0. The van der Waals surface area contributed by atoms with Crippen LogP contribution < -0.4 is 10.2 Å². The smallest absolute Gasteiger partial charge is 0.128 e. The Morgan fingerprint density at radius 2 is 2.14 bits per heavy atom. The monoisotopic (exact) mass is 193 g/mol. The number of anilines is 1. The third kappa shape index (κ3) is 3.34. The van der Waals surface area contributed by atoms with Crippen molar-refractivity contribution in [2.75, 3.05) is 25.5 Å². The molecule has 0 aliphatic heterocycles. The molecule has 0 saturated carbocycles. The van der Waals surface area contributed by atoms with Crippen LogP contribution in [0.1, 0.15) is 19.0 Å². The first kappa shape index (κ1) is 11.0. The minimum absolute atomic E-state index is 0.857. The van der Waals surface area contributed by atoms with Gasteiger partial charge in [0, 0.05) is 20.6 Å². The SMILES string of the molecule is CCCNCc1cccc(N(C)C)n1. The Morgan fingerprint density at radius 1 is 1.36 bits per heavy atom. The molecule has 1 rings (SSSR count). The Kier molecular flexibility index (Phi) is 4.40. The molecule has 0 bridgehead atoms. The molecule has 78 valence electrons. The van der Waals surface area contributed by atoms with Crippen molar-refractivity contribution in [3.8, 4) is 0 Å². The van der Waals surface area contributed by atoms with E-state index >= 15 is 0 Å². The molecule has 1 aromatic rings. The van der Waals surface area contributed by atoms with E-state index in [2.05, 4.69) is 23.3 Å². The Hall–Kier alpha value is -1.09. The molecule has 3 nitrogen and oxygen atoms in total. The minimum Gasteiger partial charge on any atom is -0.363 e. The number of pyridine rings is 1. The second kappa shape index (κ2) is 5.60. The lowest BCUT2D eigenvalue weighted by molar-refractivity contribution is 0.664. The fourth-order valence-corrected chi connectivity index (χ4v) is 1.21. The molecule has 0 aliphatic rings. The zero-order chi connectivity index (χ0) is 10.4. The summed E-state index contributed by atoms with van der Waals surface area (Å²) in [6, 6.07) is 6.12. The molecule has 0 radical (unpaired) electrons. The third-order valence-corrected chi connectivity index (χ3v) is 1.98. The Bertz CT molecular complexity index is 271. The highest BCUT2D eigenvalue weighted by Gasteiger charge is 1.98. The number of nitrogens with one attached hydrogen (secondary N) is 1. The van der Waals surface area contributed by atoms with Crippen LogP contribution in [0.2, 0.25) is 0 Å². The summed E-state index contributed by atoms with van der Waals surface area (Å²) in [7, 11) is 4.01. The van der Waals surface area contributed by atoms with Crippen molar-refractivity contribution in [1.29, 1.82) is 0 Å². The summed E-state index contributed by atoms with van der Waals surface area (Å²) in [5.41, 5.74) is 1.10. The third-order valence-electron chi connectivity index (χ3n) is 1.98. The van der Waals surface area contributed by atoms with Gasteiger partial charge >= 0.3 is 0 Å². The zero-order valence-electron chi connectivity index (χ0n) is 9.25. The van der Waals surface area contributed by atoms with Crippen LogP contribution in [0.3, 0.4) is 0 Å². The van der Waals surface area contributed by atoms with E-state index in [-0.39, 0.29) is 0 Å². The largest absolute Gasteiger partial charge is 0.363 e. The van der Waals surface area contributed by atoms with Crippen molar-refractivity contribution in [1.82, 2.24) is 10.3 Å². The first-order valence-electron chi connectivity index (χ1n) is 5.08. The van der Waals surface area contributed by atoms with Crippen molar-refractivity contribution >= 4 is 5.82 Å². The van der Waals surface area contributed by atoms with E-state index in [9.17, 15) is 0 Å². The van der Waals surface area contributed by atoms with Gasteiger partial charge in [-0.25, -0.2) is 4.98 Å². The lowest BCUT2D eigenvalue weighted by Crippen LogP contribution is -2.16. The molecule has 1 heterocycles. The maximum absolute atomic E-state index is 4.51. The van der Waals surface area contributed by atoms with Gasteiger partial charge in [0.05, 0.1) is 5.69 Å². The molecule has 0 saturated heterocycles. The number of nitrogens with zero attached hydrogens (tertiary/aromatic N) is 2. The van der Waals surface area contributed by atoms with Crippen LogP contribution in [0.5, 0.6) is 0 Å². The van der Waals surface area contributed by atoms with Gasteiger partial charge in [0.2, 0.25) is 0 Å². The average molecular weight is 193 g/mol. The van der Waals surface area contributed by atoms with Crippen LogP contribution in [0.25, 0.3) is 0 Å². The second-order valence-electron chi connectivity index (χ2n) is 3.56. The highest BCUT2D eigenvalue weighted by Crippen LogP contribution is 2.07. The molecule has 1 N–H and O–H groups in total. The van der Waals surface area contributed by atoms with Crippen LogP contribution >= 0.6 is 0 Å². The van der Waals surface area contributed by atoms with Gasteiger partial charge in [0.1, 0.15) is 5.82 Å². The lowest BCUT2D eigenvalue weighted by atomic mass is 10.3. The normalized spacial score (nSPS) is 10.2. The van der Waals surface area contributed by atoms with Gasteiger partial charge in [0.25, 0.3) is 0 Å². The Morgan fingerprint density at radius 3 is 2.79 bits per heavy atom. The van der Waals surface area contributed by atoms with Crippen LogP contribution in [0.4, 0.5) is 5.82 Å². The summed E-state index contributed by atoms with van der Waals surface area (Å²) in [5.74, 6) is 1.01. The molecule has 3 heteroatoms. The summed E-state index contributed by atoms with van der Waals surface area (Å²) in [6.45, 7) is 4.07. The molecular weight excluding hydrogens is 174 g/mol. The van der Waals surface area contributed by atoms with Crippen LogP contribution in [-0.2, 0) is 6.54 Å². The topological polar surface area (TPSA) is 28.2 Å². The molecule has 0 amide bonds. The van der Waals surface area contributed by atoms with Crippen molar-refractivity contribution in [3.63, 3.8) is 0 Å². The predicted molar refractivity (Wildman–Crippen MR) is 60.6 cm³/mol. The first-order valence-corrected chi connectivity index (χ1v) is 5.08. The van der Waals surface area contributed by atoms with Crippen LogP contribution in [-0.4, -0.2) is 25.6 Å². The molecular formula is C11H19N3. The Labute approximate surface area is 86.2 Å². The van der Waals surface area contributed by atoms with Gasteiger partial charge in [-0.2, -0.15) is 0 Å². The average Bonchev–Trinajstić information content (AvgIpc) is 2.19. The van der Waals surface area contributed by atoms with Gasteiger partial charge in [-0.05, 0) is 25.1 Å². The predicted octanol–water partition coefficient (Wildman–Crippen LogP) is 1.65. The maximum Gasteiger partial charge on any atom is 0.128 e. The molecule has 0 atom stereocenters. The molecule has 0 aliphatic carbocycles. The number of hydrogen-bond acceptors (Lipinski definition) is 3. The van der Waals surface area contributed by atoms with Crippen LogP contribution in [0.15, 0.2) is 18.2 Å². The quantitative estimate of drug-likeness (QED) is 0.721. The summed E-state index contributed by atoms with van der Waals surface area (Å²) in [6.07, 6.45) is 1.16. The van der Waals surface area contributed by atoms with Gasteiger partial charge in [-0.15, -0.1) is 0 Å². The zero-order valence-corrected chi connectivity index (χ0v) is 9.25. The standard InChI is InChI=1S/C11H19N3/c1-4-8-12-9-10-6-5-7-11(13-10)14(2)3/h5-7,12H,4,8-9H2,1-3H3.